The van der Waals surface area contributed by atoms with E-state index in [1.54, 1.807) is 25.1 Å². The van der Waals surface area contributed by atoms with Gasteiger partial charge < -0.3 is 14.9 Å². The predicted molar refractivity (Wildman–Crippen MR) is 111 cm³/mol. The molecule has 1 amide bonds. The number of aromatic amines is 1. The maximum absolute atomic E-state index is 13.5. The minimum atomic E-state index is -0.472. The Hall–Kier alpha value is -3.74. The lowest BCUT2D eigenvalue weighted by molar-refractivity contribution is 0.102. The van der Waals surface area contributed by atoms with Crippen molar-refractivity contribution in [2.75, 3.05) is 5.32 Å². The minimum absolute atomic E-state index is 0.0523. The number of fused-ring (bicyclic) bond motifs is 1. The number of anilines is 1. The second kappa shape index (κ2) is 7.01. The number of imidazole rings is 1. The molecule has 0 saturated heterocycles. The number of carbonyl (C=O) groups excluding carboxylic acids is 1. The first-order chi connectivity index (χ1) is 13.8. The second-order valence-corrected chi connectivity index (χ2v) is 7.00. The number of hydrogen-bond acceptors (Lipinski definition) is 3. The van der Waals surface area contributed by atoms with Gasteiger partial charge in [0, 0.05) is 30.1 Å². The molecule has 6 nitrogen and oxygen atoms in total. The molecule has 0 fully saturated rings. The average molecular weight is 390 g/mol. The molecule has 29 heavy (non-hydrogen) atoms. The van der Waals surface area contributed by atoms with Crippen LogP contribution >= 0.6 is 0 Å². The zero-order valence-electron chi connectivity index (χ0n) is 16.2. The summed E-state index contributed by atoms with van der Waals surface area (Å²) in [5, 5.41) is 2.78. The Morgan fingerprint density at radius 2 is 1.90 bits per heavy atom. The summed E-state index contributed by atoms with van der Waals surface area (Å²) >= 11 is 0. The summed E-state index contributed by atoms with van der Waals surface area (Å²) in [6.45, 7) is 3.61. The molecule has 0 atom stereocenters. The van der Waals surface area contributed by atoms with Crippen molar-refractivity contribution in [3.63, 3.8) is 0 Å². The molecule has 2 aromatic heterocycles. The molecule has 4 rings (SSSR count). The number of nitrogens with one attached hydrogen (secondary N) is 2. The molecule has 146 valence electrons. The smallest absolute Gasteiger partial charge is 0.261 e. The van der Waals surface area contributed by atoms with Gasteiger partial charge in [0.05, 0.1) is 11.0 Å². The first kappa shape index (κ1) is 18.6. The lowest BCUT2D eigenvalue weighted by atomic mass is 10.1. The van der Waals surface area contributed by atoms with Crippen molar-refractivity contribution in [3.05, 3.63) is 81.5 Å². The fraction of sp³-hybridized carbons (Fsp3) is 0.136. The summed E-state index contributed by atoms with van der Waals surface area (Å²) in [4.78, 5) is 31.6. The number of aromatic nitrogens is 3. The van der Waals surface area contributed by atoms with Crippen molar-refractivity contribution in [2.45, 2.75) is 13.8 Å². The van der Waals surface area contributed by atoms with Gasteiger partial charge in [0.2, 0.25) is 0 Å². The predicted octanol–water partition coefficient (Wildman–Crippen LogP) is 3.94. The molecule has 2 N–H and O–H groups in total. The van der Waals surface area contributed by atoms with Crippen LogP contribution < -0.4 is 10.9 Å². The van der Waals surface area contributed by atoms with E-state index in [0.29, 0.717) is 22.7 Å². The number of rotatable bonds is 3. The Balaban J connectivity index is 1.66. The molecule has 2 aromatic carbocycles. The number of carbonyl (C=O) groups is 1. The Morgan fingerprint density at radius 1 is 1.10 bits per heavy atom. The van der Waals surface area contributed by atoms with Crippen molar-refractivity contribution in [3.8, 4) is 11.4 Å². The van der Waals surface area contributed by atoms with Gasteiger partial charge in [-0.3, -0.25) is 9.59 Å². The summed E-state index contributed by atoms with van der Waals surface area (Å²) in [6, 6.07) is 13.2. The van der Waals surface area contributed by atoms with Gasteiger partial charge in [-0.05, 0) is 61.9 Å². The van der Waals surface area contributed by atoms with Crippen LogP contribution in [0, 0.1) is 19.7 Å². The highest BCUT2D eigenvalue weighted by Crippen LogP contribution is 2.27. The molecular weight excluding hydrogens is 371 g/mol. The third kappa shape index (κ3) is 3.42. The van der Waals surface area contributed by atoms with Gasteiger partial charge in [-0.1, -0.05) is 0 Å². The standard InChI is InChI=1S/C22H19FN4O2/c1-12-10-14(20-25-18-11-15(23)6-9-19(18)27(20)3)5-8-17(12)26-22(29)16-7-4-13(2)24-21(16)28/h4-11H,1-3H3,(H,24,28)(H,26,29). The first-order valence-electron chi connectivity index (χ1n) is 9.08. The van der Waals surface area contributed by atoms with E-state index < -0.39 is 11.5 Å². The van der Waals surface area contributed by atoms with Crippen LogP contribution in [0.2, 0.25) is 0 Å². The normalized spacial score (nSPS) is 11.0. The van der Waals surface area contributed by atoms with E-state index in [0.717, 1.165) is 16.6 Å². The van der Waals surface area contributed by atoms with Crippen molar-refractivity contribution in [2.24, 2.45) is 7.05 Å². The van der Waals surface area contributed by atoms with Gasteiger partial charge in [0.25, 0.3) is 11.5 Å². The van der Waals surface area contributed by atoms with Crippen molar-refractivity contribution < 1.29 is 9.18 Å². The van der Waals surface area contributed by atoms with Crippen LogP contribution in [0.3, 0.4) is 0 Å². The Kier molecular flexibility index (Phi) is 4.50. The Bertz CT molecular complexity index is 1320. The largest absolute Gasteiger partial charge is 0.327 e. The SMILES string of the molecule is Cc1ccc(C(=O)Nc2ccc(-c3nc4cc(F)ccc4n3C)cc2C)c(=O)[nH]1. The first-order valence-corrected chi connectivity index (χ1v) is 9.08. The van der Waals surface area contributed by atoms with Gasteiger partial charge in [-0.2, -0.15) is 0 Å². The zero-order valence-corrected chi connectivity index (χ0v) is 16.2. The summed E-state index contributed by atoms with van der Waals surface area (Å²) in [5.74, 6) is -0.107. The van der Waals surface area contributed by atoms with Crippen LogP contribution in [0.1, 0.15) is 21.6 Å². The van der Waals surface area contributed by atoms with Crippen LogP contribution in [0.5, 0.6) is 0 Å². The summed E-state index contributed by atoms with van der Waals surface area (Å²) in [5.41, 5.74) is 3.98. The number of amides is 1. The number of hydrogen-bond donors (Lipinski definition) is 2. The van der Waals surface area contributed by atoms with Crippen LogP contribution in [0.25, 0.3) is 22.4 Å². The Labute approximate surface area is 166 Å². The second-order valence-electron chi connectivity index (χ2n) is 7.00. The van der Waals surface area contributed by atoms with Crippen molar-refractivity contribution >= 4 is 22.6 Å². The van der Waals surface area contributed by atoms with Gasteiger partial charge in [-0.25, -0.2) is 9.37 Å². The summed E-state index contributed by atoms with van der Waals surface area (Å²) in [6.07, 6.45) is 0. The lowest BCUT2D eigenvalue weighted by Gasteiger charge is -2.10. The molecule has 0 unspecified atom stereocenters. The summed E-state index contributed by atoms with van der Waals surface area (Å²) < 4.78 is 15.4. The third-order valence-corrected chi connectivity index (χ3v) is 4.88. The van der Waals surface area contributed by atoms with Crippen LogP contribution in [-0.2, 0) is 7.05 Å². The van der Waals surface area contributed by atoms with Crippen molar-refractivity contribution in [1.29, 1.82) is 0 Å². The van der Waals surface area contributed by atoms with E-state index in [9.17, 15) is 14.0 Å². The highest BCUT2D eigenvalue weighted by atomic mass is 19.1. The summed E-state index contributed by atoms with van der Waals surface area (Å²) in [7, 11) is 1.87. The van der Waals surface area contributed by atoms with Gasteiger partial charge in [0.1, 0.15) is 17.2 Å². The molecule has 0 saturated carbocycles. The highest BCUT2D eigenvalue weighted by molar-refractivity contribution is 6.04. The third-order valence-electron chi connectivity index (χ3n) is 4.88. The number of pyridine rings is 1. The monoisotopic (exact) mass is 390 g/mol. The molecule has 0 aliphatic rings. The molecule has 4 aromatic rings. The van der Waals surface area contributed by atoms with Crippen LogP contribution in [-0.4, -0.2) is 20.4 Å². The quantitative estimate of drug-likeness (QED) is 0.556. The maximum Gasteiger partial charge on any atom is 0.261 e. The Morgan fingerprint density at radius 3 is 2.62 bits per heavy atom. The fourth-order valence-electron chi connectivity index (χ4n) is 3.31. The molecule has 0 aliphatic heterocycles. The maximum atomic E-state index is 13.5. The molecule has 2 heterocycles. The zero-order chi connectivity index (χ0) is 20.7. The fourth-order valence-corrected chi connectivity index (χ4v) is 3.31. The highest BCUT2D eigenvalue weighted by Gasteiger charge is 2.14. The lowest BCUT2D eigenvalue weighted by Crippen LogP contribution is -2.23. The molecule has 0 radical (unpaired) electrons. The van der Waals surface area contributed by atoms with Crippen LogP contribution in [0.15, 0.2) is 53.3 Å². The number of nitrogens with zero attached hydrogens (tertiary/aromatic N) is 2. The van der Waals surface area contributed by atoms with Crippen LogP contribution in [0.4, 0.5) is 10.1 Å². The van der Waals surface area contributed by atoms with E-state index in [1.807, 2.05) is 30.7 Å². The number of H-pyrrole nitrogens is 1. The number of benzene rings is 2. The van der Waals surface area contributed by atoms with E-state index in [4.69, 9.17) is 0 Å². The topological polar surface area (TPSA) is 79.8 Å². The minimum Gasteiger partial charge on any atom is -0.327 e. The molecular formula is C22H19FN4O2. The van der Waals surface area contributed by atoms with E-state index >= 15 is 0 Å². The molecule has 0 spiro atoms. The van der Waals surface area contributed by atoms with E-state index in [-0.39, 0.29) is 11.4 Å². The van der Waals surface area contributed by atoms with Gasteiger partial charge in [0.15, 0.2) is 0 Å². The van der Waals surface area contributed by atoms with Gasteiger partial charge >= 0.3 is 0 Å². The average Bonchev–Trinajstić information content (AvgIpc) is 2.99. The van der Waals surface area contributed by atoms with E-state index in [2.05, 4.69) is 15.3 Å². The molecule has 0 bridgehead atoms. The molecule has 0 aliphatic carbocycles. The molecule has 7 heteroatoms. The number of aryl methyl sites for hydroxylation is 3. The number of halogens is 1. The van der Waals surface area contributed by atoms with Gasteiger partial charge in [-0.15, -0.1) is 0 Å². The van der Waals surface area contributed by atoms with E-state index in [1.165, 1.54) is 18.2 Å². The van der Waals surface area contributed by atoms with Crippen molar-refractivity contribution in [1.82, 2.24) is 14.5 Å².